The third-order valence-corrected chi connectivity index (χ3v) is 3.90. The van der Waals surface area contributed by atoms with Crippen LogP contribution in [0.4, 0.5) is 10.1 Å². The van der Waals surface area contributed by atoms with Crippen LogP contribution in [0.5, 0.6) is 0 Å². The van der Waals surface area contributed by atoms with Crippen molar-refractivity contribution in [3.05, 3.63) is 29.6 Å². The molecule has 1 heterocycles. The highest BCUT2D eigenvalue weighted by Crippen LogP contribution is 2.45. The van der Waals surface area contributed by atoms with E-state index in [2.05, 4.69) is 5.32 Å². The third-order valence-electron chi connectivity index (χ3n) is 3.90. The Morgan fingerprint density at radius 3 is 2.80 bits per heavy atom. The molecule has 0 saturated heterocycles. The van der Waals surface area contributed by atoms with Crippen molar-refractivity contribution in [2.75, 3.05) is 11.9 Å². The van der Waals surface area contributed by atoms with Crippen molar-refractivity contribution in [2.45, 2.75) is 31.6 Å². The number of rotatable bonds is 1. The molecule has 0 aromatic heterocycles. The first-order valence-electron chi connectivity index (χ1n) is 5.88. The van der Waals surface area contributed by atoms with E-state index in [1.54, 1.807) is 12.1 Å². The Hall–Kier alpha value is -1.05. The Kier molecular flexibility index (Phi) is 2.15. The zero-order chi connectivity index (χ0) is 10.3. The predicted octanol–water partition coefficient (Wildman–Crippen LogP) is 3.53. The normalized spacial score (nSPS) is 25.3. The second-order valence-electron chi connectivity index (χ2n) is 4.74. The van der Waals surface area contributed by atoms with Gasteiger partial charge in [0.15, 0.2) is 0 Å². The zero-order valence-corrected chi connectivity index (χ0v) is 8.80. The molecule has 1 saturated carbocycles. The minimum absolute atomic E-state index is 0.129. The van der Waals surface area contributed by atoms with Crippen LogP contribution in [0.1, 0.15) is 37.2 Å². The molecular formula is C13H16FN. The van der Waals surface area contributed by atoms with Crippen molar-refractivity contribution in [3.8, 4) is 0 Å². The highest BCUT2D eigenvalue weighted by molar-refractivity contribution is 5.55. The van der Waals surface area contributed by atoms with Gasteiger partial charge < -0.3 is 5.32 Å². The number of hydrogen-bond acceptors (Lipinski definition) is 1. The van der Waals surface area contributed by atoms with Gasteiger partial charge in [-0.1, -0.05) is 12.5 Å². The molecule has 15 heavy (non-hydrogen) atoms. The number of benzene rings is 1. The van der Waals surface area contributed by atoms with Gasteiger partial charge in [-0.2, -0.15) is 0 Å². The Morgan fingerprint density at radius 1 is 1.20 bits per heavy atom. The number of hydrogen-bond donors (Lipinski definition) is 1. The second-order valence-corrected chi connectivity index (χ2v) is 4.74. The first-order chi connectivity index (χ1) is 7.34. The fourth-order valence-electron chi connectivity index (χ4n) is 2.85. The van der Waals surface area contributed by atoms with Gasteiger partial charge in [0.2, 0.25) is 0 Å². The van der Waals surface area contributed by atoms with Crippen LogP contribution in [0.2, 0.25) is 0 Å². The number of fused-ring (bicyclic) bond motifs is 1. The predicted molar refractivity (Wildman–Crippen MR) is 59.6 cm³/mol. The first-order valence-corrected chi connectivity index (χ1v) is 5.88. The van der Waals surface area contributed by atoms with Crippen LogP contribution in [0.15, 0.2) is 18.2 Å². The number of nitrogens with one attached hydrogen (secondary N) is 1. The molecule has 1 fully saturated rings. The Labute approximate surface area is 89.7 Å². The van der Waals surface area contributed by atoms with Gasteiger partial charge in [0.1, 0.15) is 5.82 Å². The van der Waals surface area contributed by atoms with E-state index in [0.717, 1.165) is 18.2 Å². The summed E-state index contributed by atoms with van der Waals surface area (Å²) < 4.78 is 13.1. The van der Waals surface area contributed by atoms with Crippen LogP contribution >= 0.6 is 0 Å². The molecule has 1 unspecified atom stereocenters. The molecule has 1 aromatic carbocycles. The summed E-state index contributed by atoms with van der Waals surface area (Å²) in [7, 11) is 0. The van der Waals surface area contributed by atoms with Gasteiger partial charge in [0, 0.05) is 12.2 Å². The Balaban J connectivity index is 1.95. The minimum Gasteiger partial charge on any atom is -0.385 e. The van der Waals surface area contributed by atoms with Crippen molar-refractivity contribution in [3.63, 3.8) is 0 Å². The summed E-state index contributed by atoms with van der Waals surface area (Å²) in [5.41, 5.74) is 2.37. The van der Waals surface area contributed by atoms with Crippen molar-refractivity contribution in [1.82, 2.24) is 0 Å². The van der Waals surface area contributed by atoms with Crippen LogP contribution in [0.25, 0.3) is 0 Å². The van der Waals surface area contributed by atoms with Crippen LogP contribution in [-0.4, -0.2) is 6.54 Å². The zero-order valence-electron chi connectivity index (χ0n) is 8.80. The van der Waals surface area contributed by atoms with Gasteiger partial charge in [0.05, 0.1) is 0 Å². The Morgan fingerprint density at radius 2 is 2.07 bits per heavy atom. The van der Waals surface area contributed by atoms with Gasteiger partial charge in [-0.05, 0) is 48.8 Å². The summed E-state index contributed by atoms with van der Waals surface area (Å²) in [5.74, 6) is 1.41. The topological polar surface area (TPSA) is 12.0 Å². The molecule has 0 spiro atoms. The molecule has 1 aliphatic carbocycles. The van der Waals surface area contributed by atoms with Crippen LogP contribution in [0.3, 0.4) is 0 Å². The van der Waals surface area contributed by atoms with Gasteiger partial charge in [-0.3, -0.25) is 0 Å². The molecule has 1 atom stereocenters. The molecule has 1 aromatic rings. The van der Waals surface area contributed by atoms with Crippen LogP contribution in [0, 0.1) is 11.7 Å². The molecule has 0 amide bonds. The highest BCUT2D eigenvalue weighted by atomic mass is 19.1. The average molecular weight is 205 g/mol. The standard InChI is InChI=1S/C13H16FN/c14-10-4-5-12-11(9-2-1-3-9)6-7-15-13(12)8-10/h4-5,8-9,11,15H,1-3,6-7H2. The van der Waals surface area contributed by atoms with E-state index >= 15 is 0 Å². The fraction of sp³-hybridized carbons (Fsp3) is 0.538. The summed E-state index contributed by atoms with van der Waals surface area (Å²) >= 11 is 0. The minimum atomic E-state index is -0.129. The van der Waals surface area contributed by atoms with Crippen molar-refractivity contribution >= 4 is 5.69 Å². The molecule has 2 aliphatic rings. The summed E-state index contributed by atoms with van der Waals surface area (Å²) in [6.45, 7) is 0.998. The van der Waals surface area contributed by atoms with Gasteiger partial charge in [-0.25, -0.2) is 4.39 Å². The lowest BCUT2D eigenvalue weighted by Crippen LogP contribution is -2.26. The maximum atomic E-state index is 13.1. The summed E-state index contributed by atoms with van der Waals surface area (Å²) in [4.78, 5) is 0. The van der Waals surface area contributed by atoms with Gasteiger partial charge >= 0.3 is 0 Å². The monoisotopic (exact) mass is 205 g/mol. The van der Waals surface area contributed by atoms with Crippen molar-refractivity contribution < 1.29 is 4.39 Å². The molecule has 80 valence electrons. The summed E-state index contributed by atoms with van der Waals surface area (Å²) in [5, 5.41) is 3.30. The smallest absolute Gasteiger partial charge is 0.125 e. The van der Waals surface area contributed by atoms with E-state index in [9.17, 15) is 4.39 Å². The lowest BCUT2D eigenvalue weighted by molar-refractivity contribution is 0.252. The maximum absolute atomic E-state index is 13.1. The quantitative estimate of drug-likeness (QED) is 0.739. The summed E-state index contributed by atoms with van der Waals surface area (Å²) in [6, 6.07) is 5.21. The lowest BCUT2D eigenvalue weighted by atomic mass is 9.70. The molecule has 0 radical (unpaired) electrons. The fourth-order valence-corrected chi connectivity index (χ4v) is 2.85. The van der Waals surface area contributed by atoms with E-state index in [-0.39, 0.29) is 5.82 Å². The molecule has 1 aliphatic heterocycles. The second kappa shape index (κ2) is 3.51. The molecule has 0 bridgehead atoms. The third kappa shape index (κ3) is 1.52. The number of anilines is 1. The first kappa shape index (κ1) is 9.20. The maximum Gasteiger partial charge on any atom is 0.125 e. The molecule has 1 nitrogen and oxygen atoms in total. The summed E-state index contributed by atoms with van der Waals surface area (Å²) in [6.07, 6.45) is 5.32. The van der Waals surface area contributed by atoms with E-state index in [1.165, 1.54) is 31.2 Å². The molecular weight excluding hydrogens is 189 g/mol. The van der Waals surface area contributed by atoms with E-state index in [4.69, 9.17) is 0 Å². The average Bonchev–Trinajstić information content (AvgIpc) is 2.15. The number of halogens is 1. The van der Waals surface area contributed by atoms with E-state index in [0.29, 0.717) is 5.92 Å². The van der Waals surface area contributed by atoms with Crippen LogP contribution < -0.4 is 5.32 Å². The highest BCUT2D eigenvalue weighted by Gasteiger charge is 2.31. The molecule has 3 rings (SSSR count). The Bertz CT molecular complexity index is 371. The van der Waals surface area contributed by atoms with Gasteiger partial charge in [0.25, 0.3) is 0 Å². The van der Waals surface area contributed by atoms with Crippen molar-refractivity contribution in [2.24, 2.45) is 5.92 Å². The van der Waals surface area contributed by atoms with Gasteiger partial charge in [-0.15, -0.1) is 0 Å². The van der Waals surface area contributed by atoms with Crippen molar-refractivity contribution in [1.29, 1.82) is 0 Å². The van der Waals surface area contributed by atoms with E-state index < -0.39 is 0 Å². The molecule has 2 heteroatoms. The molecule has 1 N–H and O–H groups in total. The van der Waals surface area contributed by atoms with E-state index in [1.807, 2.05) is 6.07 Å². The largest absolute Gasteiger partial charge is 0.385 e. The SMILES string of the molecule is Fc1ccc2c(c1)NCCC2C1CCC1. The van der Waals surface area contributed by atoms with Crippen LogP contribution in [-0.2, 0) is 0 Å². The lowest BCUT2D eigenvalue weighted by Gasteiger charge is -2.37.